The third-order valence-corrected chi connectivity index (χ3v) is 2.47. The molecule has 0 bridgehead atoms. The Morgan fingerprint density at radius 2 is 1.22 bits per heavy atom. The first-order valence-corrected chi connectivity index (χ1v) is 7.09. The van der Waals surface area contributed by atoms with Crippen LogP contribution in [0.3, 0.4) is 0 Å². The van der Waals surface area contributed by atoms with E-state index in [1.54, 1.807) is 0 Å². The predicted molar refractivity (Wildman–Crippen MR) is 75.1 cm³/mol. The van der Waals surface area contributed by atoms with Crippen molar-refractivity contribution in [3.63, 3.8) is 0 Å². The van der Waals surface area contributed by atoms with E-state index in [1.165, 1.54) is 0 Å². The first-order valence-electron chi connectivity index (χ1n) is 7.09. The van der Waals surface area contributed by atoms with Gasteiger partial charge in [0.15, 0.2) is 0 Å². The van der Waals surface area contributed by atoms with Crippen LogP contribution in [0.2, 0.25) is 0 Å². The molecular weight excluding hydrogens is 230 g/mol. The number of ether oxygens (including phenoxy) is 3. The normalized spacial score (nSPS) is 12.0. The fourth-order valence-corrected chi connectivity index (χ4v) is 1.51. The first-order chi connectivity index (χ1) is 8.56. The summed E-state index contributed by atoms with van der Waals surface area (Å²) in [5.74, 6) is 0. The van der Waals surface area contributed by atoms with Crippen molar-refractivity contribution in [2.75, 3.05) is 46.1 Å². The Morgan fingerprint density at radius 1 is 0.778 bits per heavy atom. The number of nitrogens with zero attached hydrogens (tertiary/aromatic N) is 1. The molecule has 0 heterocycles. The first kappa shape index (κ1) is 17.8. The molecule has 0 atom stereocenters. The van der Waals surface area contributed by atoms with Crippen LogP contribution in [0.4, 0.5) is 0 Å². The van der Waals surface area contributed by atoms with Gasteiger partial charge in [-0.05, 0) is 34.6 Å². The van der Waals surface area contributed by atoms with Crippen molar-refractivity contribution >= 4 is 0 Å². The summed E-state index contributed by atoms with van der Waals surface area (Å²) in [6.45, 7) is 16.2. The van der Waals surface area contributed by atoms with Gasteiger partial charge in [0.2, 0.25) is 0 Å². The molecule has 0 aliphatic carbocycles. The zero-order chi connectivity index (χ0) is 13.8. The SMILES string of the molecule is CCOCCN(CCOC(C)C)CCOC(C)C. The Morgan fingerprint density at radius 3 is 1.61 bits per heavy atom. The molecule has 0 aliphatic heterocycles. The van der Waals surface area contributed by atoms with Crippen molar-refractivity contribution in [1.82, 2.24) is 4.90 Å². The second-order valence-corrected chi connectivity index (χ2v) is 4.88. The van der Waals surface area contributed by atoms with E-state index in [-0.39, 0.29) is 0 Å². The second-order valence-electron chi connectivity index (χ2n) is 4.88. The smallest absolute Gasteiger partial charge is 0.0596 e. The predicted octanol–water partition coefficient (Wildman–Crippen LogP) is 2.17. The van der Waals surface area contributed by atoms with Crippen molar-refractivity contribution in [2.24, 2.45) is 0 Å². The summed E-state index contributed by atoms with van der Waals surface area (Å²) < 4.78 is 16.6. The Kier molecular flexibility index (Phi) is 11.8. The molecular formula is C14H31NO3. The van der Waals surface area contributed by atoms with Crippen molar-refractivity contribution in [3.8, 4) is 0 Å². The van der Waals surface area contributed by atoms with Crippen LogP contribution in [0.15, 0.2) is 0 Å². The highest BCUT2D eigenvalue weighted by molar-refractivity contribution is 4.58. The molecule has 0 amide bonds. The highest BCUT2D eigenvalue weighted by Crippen LogP contribution is 1.95. The lowest BCUT2D eigenvalue weighted by molar-refractivity contribution is 0.0250. The van der Waals surface area contributed by atoms with Crippen LogP contribution < -0.4 is 0 Å². The van der Waals surface area contributed by atoms with Crippen molar-refractivity contribution in [3.05, 3.63) is 0 Å². The van der Waals surface area contributed by atoms with E-state index in [1.807, 2.05) is 6.92 Å². The van der Waals surface area contributed by atoms with Crippen LogP contribution in [0.1, 0.15) is 34.6 Å². The van der Waals surface area contributed by atoms with Crippen LogP contribution in [0.25, 0.3) is 0 Å². The fourth-order valence-electron chi connectivity index (χ4n) is 1.51. The van der Waals surface area contributed by atoms with Crippen LogP contribution in [-0.2, 0) is 14.2 Å². The molecule has 0 aliphatic rings. The number of hydrogen-bond acceptors (Lipinski definition) is 4. The summed E-state index contributed by atoms with van der Waals surface area (Å²) in [6.07, 6.45) is 0.594. The third-order valence-electron chi connectivity index (χ3n) is 2.47. The van der Waals surface area contributed by atoms with Crippen molar-refractivity contribution in [2.45, 2.75) is 46.8 Å². The van der Waals surface area contributed by atoms with Crippen molar-refractivity contribution < 1.29 is 14.2 Å². The topological polar surface area (TPSA) is 30.9 Å². The molecule has 0 aromatic rings. The fraction of sp³-hybridized carbons (Fsp3) is 1.00. The summed E-state index contributed by atoms with van der Waals surface area (Å²) in [6, 6.07) is 0. The Labute approximate surface area is 113 Å². The van der Waals surface area contributed by atoms with Gasteiger partial charge >= 0.3 is 0 Å². The Hall–Kier alpha value is -0.160. The minimum Gasteiger partial charge on any atom is -0.380 e. The van der Waals surface area contributed by atoms with Gasteiger partial charge in [-0.1, -0.05) is 0 Å². The molecule has 0 aromatic heterocycles. The van der Waals surface area contributed by atoms with E-state index in [4.69, 9.17) is 14.2 Å². The average molecular weight is 261 g/mol. The van der Waals surface area contributed by atoms with Gasteiger partial charge in [0.25, 0.3) is 0 Å². The molecule has 0 fully saturated rings. The summed E-state index contributed by atoms with van der Waals surface area (Å²) in [5.41, 5.74) is 0. The number of rotatable bonds is 12. The molecule has 0 unspecified atom stereocenters. The van der Waals surface area contributed by atoms with Gasteiger partial charge in [0, 0.05) is 26.2 Å². The van der Waals surface area contributed by atoms with Crippen LogP contribution in [0, 0.1) is 0 Å². The van der Waals surface area contributed by atoms with Gasteiger partial charge < -0.3 is 14.2 Å². The van der Waals surface area contributed by atoms with Gasteiger partial charge in [0.05, 0.1) is 32.0 Å². The molecule has 110 valence electrons. The molecule has 0 radical (unpaired) electrons. The zero-order valence-electron chi connectivity index (χ0n) is 12.8. The van der Waals surface area contributed by atoms with E-state index in [0.29, 0.717) is 12.2 Å². The summed E-state index contributed by atoms with van der Waals surface area (Å²) >= 11 is 0. The maximum Gasteiger partial charge on any atom is 0.0596 e. The van der Waals surface area contributed by atoms with Crippen molar-refractivity contribution in [1.29, 1.82) is 0 Å². The second kappa shape index (κ2) is 11.9. The zero-order valence-corrected chi connectivity index (χ0v) is 12.8. The Balaban J connectivity index is 3.76. The van der Waals surface area contributed by atoms with Crippen LogP contribution >= 0.6 is 0 Å². The molecule has 0 spiro atoms. The third kappa shape index (κ3) is 12.3. The maximum absolute atomic E-state index is 5.58. The van der Waals surface area contributed by atoms with E-state index in [2.05, 4.69) is 32.6 Å². The Bertz CT molecular complexity index is 160. The summed E-state index contributed by atoms with van der Waals surface area (Å²) in [7, 11) is 0. The minimum atomic E-state index is 0.297. The summed E-state index contributed by atoms with van der Waals surface area (Å²) in [5, 5.41) is 0. The highest BCUT2D eigenvalue weighted by Gasteiger charge is 2.06. The molecule has 0 saturated heterocycles. The lowest BCUT2D eigenvalue weighted by atomic mass is 10.4. The number of hydrogen-bond donors (Lipinski definition) is 0. The molecule has 0 aromatic carbocycles. The molecule has 4 heteroatoms. The molecule has 18 heavy (non-hydrogen) atoms. The van der Waals surface area contributed by atoms with Crippen LogP contribution in [-0.4, -0.2) is 63.2 Å². The van der Waals surface area contributed by atoms with E-state index in [9.17, 15) is 0 Å². The van der Waals surface area contributed by atoms with E-state index >= 15 is 0 Å². The lowest BCUT2D eigenvalue weighted by Gasteiger charge is -2.23. The standard InChI is InChI=1S/C14H31NO3/c1-6-16-10-7-15(8-11-17-13(2)3)9-12-18-14(4)5/h13-14H,6-12H2,1-5H3. The minimum absolute atomic E-state index is 0.297. The van der Waals surface area contributed by atoms with E-state index < -0.39 is 0 Å². The van der Waals surface area contributed by atoms with Gasteiger partial charge in [-0.15, -0.1) is 0 Å². The molecule has 0 saturated carbocycles. The van der Waals surface area contributed by atoms with Crippen LogP contribution in [0.5, 0.6) is 0 Å². The molecule has 4 nitrogen and oxygen atoms in total. The lowest BCUT2D eigenvalue weighted by Crippen LogP contribution is -2.34. The molecule has 0 N–H and O–H groups in total. The van der Waals surface area contributed by atoms with Gasteiger partial charge in [-0.2, -0.15) is 0 Å². The molecule has 0 rings (SSSR count). The maximum atomic E-state index is 5.58. The van der Waals surface area contributed by atoms with E-state index in [0.717, 1.165) is 46.1 Å². The summed E-state index contributed by atoms with van der Waals surface area (Å²) in [4.78, 5) is 2.33. The average Bonchev–Trinajstić information content (AvgIpc) is 2.27. The van der Waals surface area contributed by atoms with Gasteiger partial charge in [-0.3, -0.25) is 4.90 Å². The largest absolute Gasteiger partial charge is 0.380 e. The van der Waals surface area contributed by atoms with Gasteiger partial charge in [-0.25, -0.2) is 0 Å². The quantitative estimate of drug-likeness (QED) is 0.504. The van der Waals surface area contributed by atoms with Gasteiger partial charge in [0.1, 0.15) is 0 Å². The highest BCUT2D eigenvalue weighted by atomic mass is 16.5. The monoisotopic (exact) mass is 261 g/mol.